The van der Waals surface area contributed by atoms with Gasteiger partial charge in [0.25, 0.3) is 0 Å². The van der Waals surface area contributed by atoms with Crippen molar-refractivity contribution in [3.8, 4) is 0 Å². The van der Waals surface area contributed by atoms with Crippen LogP contribution in [0.25, 0.3) is 0 Å². The van der Waals surface area contributed by atoms with Crippen molar-refractivity contribution >= 4 is 0 Å². The van der Waals surface area contributed by atoms with E-state index in [0.29, 0.717) is 6.04 Å². The fraction of sp³-hybridized carbons (Fsp3) is 0.625. The van der Waals surface area contributed by atoms with Crippen LogP contribution in [0.4, 0.5) is 0 Å². The summed E-state index contributed by atoms with van der Waals surface area (Å²) in [5.74, 6) is 2.17. The zero-order chi connectivity index (χ0) is 13.8. The van der Waals surface area contributed by atoms with Crippen molar-refractivity contribution in [1.82, 2.24) is 10.2 Å². The zero-order valence-electron chi connectivity index (χ0n) is 12.6. The number of hydrogen-bond acceptors (Lipinski definition) is 3. The highest BCUT2D eigenvalue weighted by molar-refractivity contribution is 5.20. The van der Waals surface area contributed by atoms with Gasteiger partial charge in [0.15, 0.2) is 0 Å². The van der Waals surface area contributed by atoms with Crippen LogP contribution in [0.15, 0.2) is 22.1 Å². The van der Waals surface area contributed by atoms with Crippen LogP contribution < -0.4 is 5.32 Å². The topological polar surface area (TPSA) is 28.4 Å². The quantitative estimate of drug-likeness (QED) is 0.826. The van der Waals surface area contributed by atoms with Crippen molar-refractivity contribution in [1.29, 1.82) is 0 Å². The molecule has 0 saturated heterocycles. The number of rotatable bonds is 5. The number of furan rings is 1. The molecule has 3 heteroatoms. The number of nitrogens with zero attached hydrogens (tertiary/aromatic N) is 1. The van der Waals surface area contributed by atoms with E-state index in [2.05, 4.69) is 50.1 Å². The summed E-state index contributed by atoms with van der Waals surface area (Å²) in [6, 6.07) is 2.67. The SMILES string of the molecule is CC1=CCN(Cc2cc(C)c(CNC(C)C)o2)CC1. The van der Waals surface area contributed by atoms with E-state index in [-0.39, 0.29) is 0 Å². The third-order valence-corrected chi connectivity index (χ3v) is 3.64. The first-order valence-electron chi connectivity index (χ1n) is 7.24. The molecule has 0 aliphatic carbocycles. The highest BCUT2D eigenvalue weighted by Gasteiger charge is 2.13. The van der Waals surface area contributed by atoms with Gasteiger partial charge in [-0.3, -0.25) is 4.90 Å². The lowest BCUT2D eigenvalue weighted by Gasteiger charge is -2.24. The van der Waals surface area contributed by atoms with Crippen molar-refractivity contribution in [2.75, 3.05) is 13.1 Å². The van der Waals surface area contributed by atoms with Gasteiger partial charge in [-0.25, -0.2) is 0 Å². The predicted octanol–water partition coefficient (Wildman–Crippen LogP) is 3.24. The smallest absolute Gasteiger partial charge is 0.120 e. The summed E-state index contributed by atoms with van der Waals surface area (Å²) in [6.07, 6.45) is 3.50. The Labute approximate surface area is 116 Å². The average Bonchev–Trinajstić information content (AvgIpc) is 2.70. The molecule has 0 atom stereocenters. The second kappa shape index (κ2) is 6.40. The van der Waals surface area contributed by atoms with Gasteiger partial charge in [-0.15, -0.1) is 0 Å². The minimum atomic E-state index is 0.489. The summed E-state index contributed by atoms with van der Waals surface area (Å²) >= 11 is 0. The van der Waals surface area contributed by atoms with Crippen molar-refractivity contribution in [3.05, 3.63) is 34.8 Å². The second-order valence-corrected chi connectivity index (χ2v) is 5.89. The summed E-state index contributed by atoms with van der Waals surface area (Å²) in [7, 11) is 0. The number of hydrogen-bond donors (Lipinski definition) is 1. The van der Waals surface area contributed by atoms with Crippen LogP contribution in [0.5, 0.6) is 0 Å². The Morgan fingerprint density at radius 3 is 2.79 bits per heavy atom. The first-order chi connectivity index (χ1) is 9.04. The number of nitrogens with one attached hydrogen (secondary N) is 1. The van der Waals surface area contributed by atoms with Gasteiger partial charge >= 0.3 is 0 Å². The van der Waals surface area contributed by atoms with Crippen LogP contribution in [-0.4, -0.2) is 24.0 Å². The van der Waals surface area contributed by atoms with Gasteiger partial charge in [0.1, 0.15) is 11.5 Å². The molecular formula is C16H26N2O. The van der Waals surface area contributed by atoms with E-state index in [9.17, 15) is 0 Å². The fourth-order valence-electron chi connectivity index (χ4n) is 2.32. The molecule has 2 heterocycles. The van der Waals surface area contributed by atoms with Gasteiger partial charge in [0, 0.05) is 19.1 Å². The van der Waals surface area contributed by atoms with E-state index >= 15 is 0 Å². The van der Waals surface area contributed by atoms with Crippen LogP contribution in [0, 0.1) is 6.92 Å². The van der Waals surface area contributed by atoms with E-state index in [4.69, 9.17) is 4.42 Å². The van der Waals surface area contributed by atoms with Crippen molar-refractivity contribution in [3.63, 3.8) is 0 Å². The lowest BCUT2D eigenvalue weighted by atomic mass is 10.1. The third-order valence-electron chi connectivity index (χ3n) is 3.64. The molecule has 0 spiro atoms. The Balaban J connectivity index is 1.92. The van der Waals surface area contributed by atoms with Crippen molar-refractivity contribution in [2.45, 2.75) is 53.2 Å². The average molecular weight is 262 g/mol. The maximum absolute atomic E-state index is 5.97. The standard InChI is InChI=1S/C16H26N2O/c1-12(2)17-10-16-14(4)9-15(19-16)11-18-7-5-13(3)6-8-18/h5,9,12,17H,6-8,10-11H2,1-4H3. The maximum Gasteiger partial charge on any atom is 0.120 e. The minimum Gasteiger partial charge on any atom is -0.463 e. The zero-order valence-corrected chi connectivity index (χ0v) is 12.6. The van der Waals surface area contributed by atoms with Crippen molar-refractivity contribution in [2.24, 2.45) is 0 Å². The maximum atomic E-state index is 5.97. The van der Waals surface area contributed by atoms with Crippen LogP contribution in [0.3, 0.4) is 0 Å². The van der Waals surface area contributed by atoms with Gasteiger partial charge in [-0.2, -0.15) is 0 Å². The van der Waals surface area contributed by atoms with Crippen LogP contribution in [-0.2, 0) is 13.1 Å². The molecule has 106 valence electrons. The lowest BCUT2D eigenvalue weighted by molar-refractivity contribution is 0.257. The second-order valence-electron chi connectivity index (χ2n) is 5.89. The molecule has 1 aliphatic rings. The Kier molecular flexibility index (Phi) is 4.83. The molecule has 1 aliphatic heterocycles. The molecule has 19 heavy (non-hydrogen) atoms. The molecule has 1 aromatic rings. The molecule has 0 aromatic carbocycles. The largest absolute Gasteiger partial charge is 0.463 e. The molecule has 0 radical (unpaired) electrons. The lowest BCUT2D eigenvalue weighted by Crippen LogP contribution is -2.27. The first kappa shape index (κ1) is 14.4. The van der Waals surface area contributed by atoms with Crippen LogP contribution in [0.1, 0.15) is 44.3 Å². The van der Waals surface area contributed by atoms with Crippen molar-refractivity contribution < 1.29 is 4.42 Å². The van der Waals surface area contributed by atoms with E-state index in [1.807, 2.05) is 0 Å². The Morgan fingerprint density at radius 1 is 1.37 bits per heavy atom. The molecule has 2 rings (SSSR count). The molecule has 0 bridgehead atoms. The Hall–Kier alpha value is -1.06. The molecule has 3 nitrogen and oxygen atoms in total. The summed E-state index contributed by atoms with van der Waals surface area (Å²) in [5, 5.41) is 3.41. The normalized spacial score (nSPS) is 17.0. The Bertz CT molecular complexity index is 446. The molecule has 0 fully saturated rings. The monoisotopic (exact) mass is 262 g/mol. The van der Waals surface area contributed by atoms with Gasteiger partial charge in [0.05, 0.1) is 13.1 Å². The van der Waals surface area contributed by atoms with E-state index in [0.717, 1.165) is 37.7 Å². The summed E-state index contributed by atoms with van der Waals surface area (Å²) in [6.45, 7) is 12.6. The van der Waals surface area contributed by atoms with E-state index < -0.39 is 0 Å². The molecule has 1 aromatic heterocycles. The van der Waals surface area contributed by atoms with E-state index in [1.165, 1.54) is 17.6 Å². The highest BCUT2D eigenvalue weighted by Crippen LogP contribution is 2.18. The first-order valence-corrected chi connectivity index (χ1v) is 7.24. The minimum absolute atomic E-state index is 0.489. The van der Waals surface area contributed by atoms with Crippen LogP contribution >= 0.6 is 0 Å². The molecular weight excluding hydrogens is 236 g/mol. The highest BCUT2D eigenvalue weighted by atomic mass is 16.3. The van der Waals surface area contributed by atoms with Gasteiger partial charge in [0.2, 0.25) is 0 Å². The third kappa shape index (κ3) is 4.22. The van der Waals surface area contributed by atoms with E-state index in [1.54, 1.807) is 0 Å². The van der Waals surface area contributed by atoms with Gasteiger partial charge < -0.3 is 9.73 Å². The molecule has 0 amide bonds. The summed E-state index contributed by atoms with van der Waals surface area (Å²) in [5.41, 5.74) is 2.76. The molecule has 0 saturated carbocycles. The summed E-state index contributed by atoms with van der Waals surface area (Å²) in [4.78, 5) is 2.44. The molecule has 0 unspecified atom stereocenters. The molecule has 1 N–H and O–H groups in total. The van der Waals surface area contributed by atoms with Crippen LogP contribution in [0.2, 0.25) is 0 Å². The number of aryl methyl sites for hydroxylation is 1. The van der Waals surface area contributed by atoms with Gasteiger partial charge in [-0.1, -0.05) is 25.5 Å². The van der Waals surface area contributed by atoms with Gasteiger partial charge in [-0.05, 0) is 31.9 Å². The summed E-state index contributed by atoms with van der Waals surface area (Å²) < 4.78 is 5.97. The predicted molar refractivity (Wildman–Crippen MR) is 79.1 cm³/mol. The Morgan fingerprint density at radius 2 is 2.16 bits per heavy atom. The fourth-order valence-corrected chi connectivity index (χ4v) is 2.32.